The predicted molar refractivity (Wildman–Crippen MR) is 91.6 cm³/mol. The van der Waals surface area contributed by atoms with Gasteiger partial charge in [0.15, 0.2) is 11.5 Å². The lowest BCUT2D eigenvalue weighted by Gasteiger charge is -2.12. The number of rotatable bonds is 6. The van der Waals surface area contributed by atoms with Crippen LogP contribution in [0.15, 0.2) is 48.8 Å². The van der Waals surface area contributed by atoms with Crippen LogP contribution in [0, 0.1) is 0 Å². The summed E-state index contributed by atoms with van der Waals surface area (Å²) in [6.45, 7) is 1.12. The maximum Gasteiger partial charge on any atom is 0.255 e. The van der Waals surface area contributed by atoms with Gasteiger partial charge < -0.3 is 19.4 Å². The maximum atomic E-state index is 12.4. The summed E-state index contributed by atoms with van der Waals surface area (Å²) in [4.78, 5) is 16.8. The molecule has 6 nitrogen and oxygen atoms in total. The van der Waals surface area contributed by atoms with Gasteiger partial charge in [-0.2, -0.15) is 0 Å². The number of methoxy groups -OCH3 is 2. The largest absolute Gasteiger partial charge is 0.493 e. The van der Waals surface area contributed by atoms with Crippen molar-refractivity contribution in [2.24, 2.45) is 0 Å². The molecule has 0 aliphatic rings. The van der Waals surface area contributed by atoms with Gasteiger partial charge in [-0.3, -0.25) is 4.79 Å². The van der Waals surface area contributed by atoms with Crippen molar-refractivity contribution in [1.29, 1.82) is 0 Å². The molecule has 0 aliphatic heterocycles. The van der Waals surface area contributed by atoms with Crippen molar-refractivity contribution in [3.8, 4) is 11.5 Å². The van der Waals surface area contributed by atoms with Crippen LogP contribution in [0.1, 0.15) is 10.4 Å². The molecule has 0 bridgehead atoms. The Labute approximate surface area is 140 Å². The Morgan fingerprint density at radius 2 is 1.96 bits per heavy atom. The highest BCUT2D eigenvalue weighted by Crippen LogP contribution is 2.30. The van der Waals surface area contributed by atoms with E-state index in [1.807, 2.05) is 28.8 Å². The fourth-order valence-corrected chi connectivity index (χ4v) is 2.64. The molecule has 0 radical (unpaired) electrons. The number of para-hydroxylation sites is 3. The normalized spacial score (nSPS) is 10.6. The second-order valence-electron chi connectivity index (χ2n) is 5.22. The van der Waals surface area contributed by atoms with Crippen molar-refractivity contribution in [2.75, 3.05) is 20.8 Å². The lowest BCUT2D eigenvalue weighted by molar-refractivity contribution is 0.0948. The zero-order valence-corrected chi connectivity index (χ0v) is 13.7. The van der Waals surface area contributed by atoms with Gasteiger partial charge in [0.1, 0.15) is 0 Å². The number of ether oxygens (including phenoxy) is 2. The number of benzene rings is 2. The molecule has 24 heavy (non-hydrogen) atoms. The molecule has 0 unspecified atom stereocenters. The van der Waals surface area contributed by atoms with Gasteiger partial charge in [0.05, 0.1) is 37.1 Å². The Morgan fingerprint density at radius 1 is 1.12 bits per heavy atom. The van der Waals surface area contributed by atoms with Crippen LogP contribution in [0.25, 0.3) is 11.0 Å². The maximum absolute atomic E-state index is 12.4. The molecule has 0 spiro atoms. The smallest absolute Gasteiger partial charge is 0.255 e. The molecule has 1 amide bonds. The van der Waals surface area contributed by atoms with E-state index in [9.17, 15) is 4.79 Å². The highest BCUT2D eigenvalue weighted by atomic mass is 16.5. The first kappa shape index (κ1) is 15.9. The van der Waals surface area contributed by atoms with E-state index in [1.54, 1.807) is 31.6 Å². The quantitative estimate of drug-likeness (QED) is 0.756. The van der Waals surface area contributed by atoms with E-state index in [0.717, 1.165) is 11.0 Å². The molecule has 6 heteroatoms. The number of carbonyl (C=O) groups excluding carboxylic acids is 1. The molecule has 2 aromatic carbocycles. The average Bonchev–Trinajstić information content (AvgIpc) is 3.04. The molecule has 124 valence electrons. The fourth-order valence-electron chi connectivity index (χ4n) is 2.64. The summed E-state index contributed by atoms with van der Waals surface area (Å²) < 4.78 is 12.5. The second kappa shape index (κ2) is 7.04. The number of fused-ring (bicyclic) bond motifs is 1. The van der Waals surface area contributed by atoms with Crippen molar-refractivity contribution < 1.29 is 14.3 Å². The van der Waals surface area contributed by atoms with Crippen LogP contribution in [-0.2, 0) is 6.54 Å². The van der Waals surface area contributed by atoms with E-state index >= 15 is 0 Å². The summed E-state index contributed by atoms with van der Waals surface area (Å²) in [7, 11) is 3.07. The number of carbonyl (C=O) groups is 1. The Balaban J connectivity index is 1.68. The van der Waals surface area contributed by atoms with Crippen LogP contribution in [-0.4, -0.2) is 36.2 Å². The highest BCUT2D eigenvalue weighted by Gasteiger charge is 2.15. The molecule has 1 N–H and O–H groups in total. The van der Waals surface area contributed by atoms with Gasteiger partial charge in [-0.25, -0.2) is 4.98 Å². The van der Waals surface area contributed by atoms with Crippen molar-refractivity contribution in [3.05, 3.63) is 54.4 Å². The van der Waals surface area contributed by atoms with Gasteiger partial charge >= 0.3 is 0 Å². The molecule has 3 rings (SSSR count). The molecule has 1 aromatic heterocycles. The summed E-state index contributed by atoms with van der Waals surface area (Å²) in [6.07, 6.45) is 1.78. The van der Waals surface area contributed by atoms with Crippen LogP contribution in [0.3, 0.4) is 0 Å². The Hall–Kier alpha value is -3.02. The van der Waals surface area contributed by atoms with E-state index in [-0.39, 0.29) is 5.91 Å². The summed E-state index contributed by atoms with van der Waals surface area (Å²) in [5.41, 5.74) is 2.44. The van der Waals surface area contributed by atoms with E-state index in [4.69, 9.17) is 9.47 Å². The highest BCUT2D eigenvalue weighted by molar-refractivity contribution is 5.97. The standard InChI is InChI=1S/C18H19N3O3/c1-23-16-9-5-6-13(17(16)24-2)18(22)19-10-11-21-12-20-14-7-3-4-8-15(14)21/h3-9,12H,10-11H2,1-2H3,(H,19,22). The molecule has 0 fully saturated rings. The van der Waals surface area contributed by atoms with Crippen LogP contribution in [0.4, 0.5) is 0 Å². The minimum atomic E-state index is -0.199. The molecule has 0 saturated heterocycles. The molecular formula is C18H19N3O3. The molecule has 3 aromatic rings. The number of aromatic nitrogens is 2. The first-order chi connectivity index (χ1) is 11.7. The number of nitrogens with one attached hydrogen (secondary N) is 1. The third-order valence-corrected chi connectivity index (χ3v) is 3.81. The van der Waals surface area contributed by atoms with Gasteiger partial charge in [0, 0.05) is 13.1 Å². The second-order valence-corrected chi connectivity index (χ2v) is 5.22. The molecule has 1 heterocycles. The van der Waals surface area contributed by atoms with Crippen molar-refractivity contribution >= 4 is 16.9 Å². The van der Waals surface area contributed by atoms with Gasteiger partial charge in [-0.05, 0) is 24.3 Å². The van der Waals surface area contributed by atoms with Gasteiger partial charge in [-0.1, -0.05) is 18.2 Å². The first-order valence-corrected chi connectivity index (χ1v) is 7.63. The number of nitrogens with zero attached hydrogens (tertiary/aromatic N) is 2. The lowest BCUT2D eigenvalue weighted by Crippen LogP contribution is -2.27. The number of amides is 1. The summed E-state index contributed by atoms with van der Waals surface area (Å²) >= 11 is 0. The van der Waals surface area contributed by atoms with Crippen LogP contribution < -0.4 is 14.8 Å². The van der Waals surface area contributed by atoms with E-state index in [2.05, 4.69) is 10.3 Å². The zero-order valence-electron chi connectivity index (χ0n) is 13.7. The van der Waals surface area contributed by atoms with Crippen molar-refractivity contribution in [1.82, 2.24) is 14.9 Å². The first-order valence-electron chi connectivity index (χ1n) is 7.63. The number of hydrogen-bond donors (Lipinski definition) is 1. The van der Waals surface area contributed by atoms with Gasteiger partial charge in [0.25, 0.3) is 5.91 Å². The summed E-state index contributed by atoms with van der Waals surface area (Å²) in [5, 5.41) is 2.90. The average molecular weight is 325 g/mol. The summed E-state index contributed by atoms with van der Waals surface area (Å²) in [5.74, 6) is 0.770. The molecular weight excluding hydrogens is 306 g/mol. The van der Waals surface area contributed by atoms with Gasteiger partial charge in [0.2, 0.25) is 0 Å². The Morgan fingerprint density at radius 3 is 2.75 bits per heavy atom. The third kappa shape index (κ3) is 3.03. The lowest BCUT2D eigenvalue weighted by atomic mass is 10.1. The third-order valence-electron chi connectivity index (χ3n) is 3.81. The Kier molecular flexibility index (Phi) is 4.65. The molecule has 0 aliphatic carbocycles. The minimum absolute atomic E-state index is 0.199. The molecule has 0 saturated carbocycles. The van der Waals surface area contributed by atoms with Gasteiger partial charge in [-0.15, -0.1) is 0 Å². The van der Waals surface area contributed by atoms with E-state index in [0.29, 0.717) is 30.2 Å². The monoisotopic (exact) mass is 325 g/mol. The van der Waals surface area contributed by atoms with E-state index < -0.39 is 0 Å². The van der Waals surface area contributed by atoms with Crippen LogP contribution >= 0.6 is 0 Å². The number of imidazole rings is 1. The Bertz CT molecular complexity index is 858. The topological polar surface area (TPSA) is 65.4 Å². The minimum Gasteiger partial charge on any atom is -0.493 e. The SMILES string of the molecule is COc1cccc(C(=O)NCCn2cnc3ccccc32)c1OC. The molecule has 0 atom stereocenters. The zero-order chi connectivity index (χ0) is 16.9. The van der Waals surface area contributed by atoms with Crippen molar-refractivity contribution in [3.63, 3.8) is 0 Å². The van der Waals surface area contributed by atoms with Crippen molar-refractivity contribution in [2.45, 2.75) is 6.54 Å². The number of hydrogen-bond acceptors (Lipinski definition) is 4. The summed E-state index contributed by atoms with van der Waals surface area (Å²) in [6, 6.07) is 13.1. The predicted octanol–water partition coefficient (Wildman–Crippen LogP) is 2.48. The van der Waals surface area contributed by atoms with Crippen LogP contribution in [0.5, 0.6) is 11.5 Å². The van der Waals surface area contributed by atoms with E-state index in [1.165, 1.54) is 7.11 Å². The van der Waals surface area contributed by atoms with Crippen LogP contribution in [0.2, 0.25) is 0 Å². The fraction of sp³-hybridized carbons (Fsp3) is 0.222.